The van der Waals surface area contributed by atoms with Gasteiger partial charge in [0.2, 0.25) is 5.69 Å². The standard InChI is InChI=1S/C20H19ClN/c21-12-5-8-17-14-16-7-2-4-10-19(16)20-18-9-3-1-6-15(18)11-13-22(17)20/h1-4,6-7,9-10,14H,5,8,11-13H2/q+1. The number of benzene rings is 2. The van der Waals surface area contributed by atoms with Crippen LogP contribution in [0.3, 0.4) is 0 Å². The lowest BCUT2D eigenvalue weighted by Gasteiger charge is -2.18. The van der Waals surface area contributed by atoms with Crippen LogP contribution in [0.15, 0.2) is 54.6 Å². The Balaban J connectivity index is 2.03. The zero-order chi connectivity index (χ0) is 14.9. The molecule has 0 saturated heterocycles. The first-order valence-corrected chi connectivity index (χ1v) is 8.50. The van der Waals surface area contributed by atoms with E-state index in [0.29, 0.717) is 0 Å². The van der Waals surface area contributed by atoms with Crippen molar-refractivity contribution in [3.8, 4) is 11.3 Å². The maximum Gasteiger partial charge on any atom is 0.220 e. The molecule has 2 aromatic carbocycles. The van der Waals surface area contributed by atoms with Crippen molar-refractivity contribution >= 4 is 22.4 Å². The quantitative estimate of drug-likeness (QED) is 0.495. The second-order valence-corrected chi connectivity index (χ2v) is 6.30. The first-order valence-electron chi connectivity index (χ1n) is 7.97. The predicted molar refractivity (Wildman–Crippen MR) is 92.3 cm³/mol. The van der Waals surface area contributed by atoms with Crippen LogP contribution in [0, 0.1) is 0 Å². The zero-order valence-corrected chi connectivity index (χ0v) is 13.3. The molecule has 2 heterocycles. The molecule has 1 aliphatic rings. The minimum atomic E-state index is 0.721. The molecule has 1 nitrogen and oxygen atoms in total. The Hall–Kier alpha value is -1.86. The minimum absolute atomic E-state index is 0.721. The summed E-state index contributed by atoms with van der Waals surface area (Å²) < 4.78 is 2.51. The highest BCUT2D eigenvalue weighted by atomic mass is 35.5. The molecule has 1 aromatic heterocycles. The molecule has 0 spiro atoms. The summed E-state index contributed by atoms with van der Waals surface area (Å²) in [6.07, 6.45) is 3.19. The van der Waals surface area contributed by atoms with Crippen LogP contribution in [0.1, 0.15) is 17.7 Å². The molecule has 0 unspecified atom stereocenters. The maximum absolute atomic E-state index is 5.92. The highest BCUT2D eigenvalue weighted by Gasteiger charge is 2.27. The van der Waals surface area contributed by atoms with Gasteiger partial charge in [0, 0.05) is 24.8 Å². The molecular formula is C20H19ClN+. The number of pyridine rings is 1. The van der Waals surface area contributed by atoms with E-state index in [1.165, 1.54) is 33.3 Å². The van der Waals surface area contributed by atoms with Crippen LogP contribution in [0.4, 0.5) is 0 Å². The Morgan fingerprint density at radius 3 is 2.73 bits per heavy atom. The van der Waals surface area contributed by atoms with E-state index in [4.69, 9.17) is 11.6 Å². The number of halogens is 1. The fraction of sp³-hybridized carbons (Fsp3) is 0.250. The average Bonchev–Trinajstić information content (AvgIpc) is 2.59. The molecule has 0 bridgehead atoms. The van der Waals surface area contributed by atoms with Gasteiger partial charge in [-0.2, -0.15) is 4.57 Å². The summed E-state index contributed by atoms with van der Waals surface area (Å²) in [6.45, 7) is 1.06. The van der Waals surface area contributed by atoms with E-state index < -0.39 is 0 Å². The van der Waals surface area contributed by atoms with Gasteiger partial charge in [0.15, 0.2) is 12.2 Å². The van der Waals surface area contributed by atoms with Crippen LogP contribution in [0.2, 0.25) is 0 Å². The normalized spacial score (nSPS) is 13.0. The van der Waals surface area contributed by atoms with E-state index >= 15 is 0 Å². The van der Waals surface area contributed by atoms with Crippen LogP contribution < -0.4 is 4.57 Å². The fourth-order valence-corrected chi connectivity index (χ4v) is 3.72. The largest absolute Gasteiger partial charge is 0.220 e. The number of rotatable bonds is 3. The van der Waals surface area contributed by atoms with Gasteiger partial charge in [-0.15, -0.1) is 11.6 Å². The molecular weight excluding hydrogens is 290 g/mol. The zero-order valence-electron chi connectivity index (χ0n) is 12.6. The molecule has 1 aliphatic heterocycles. The number of aromatic nitrogens is 1. The van der Waals surface area contributed by atoms with Crippen LogP contribution >= 0.6 is 11.6 Å². The summed E-state index contributed by atoms with van der Waals surface area (Å²) in [5.74, 6) is 0.721. The van der Waals surface area contributed by atoms with Gasteiger partial charge in [-0.05, 0) is 29.5 Å². The lowest BCUT2D eigenvalue weighted by atomic mass is 9.93. The van der Waals surface area contributed by atoms with Gasteiger partial charge in [-0.3, -0.25) is 0 Å². The Labute approximate surface area is 136 Å². The van der Waals surface area contributed by atoms with E-state index in [1.807, 2.05) is 0 Å². The SMILES string of the molecule is ClCCCc1cc2ccccc2c2[n+]1CCc1ccccc1-2. The van der Waals surface area contributed by atoms with Crippen molar-refractivity contribution < 1.29 is 4.57 Å². The Morgan fingerprint density at radius 1 is 1.00 bits per heavy atom. The molecule has 22 heavy (non-hydrogen) atoms. The van der Waals surface area contributed by atoms with Crippen molar-refractivity contribution in [1.29, 1.82) is 0 Å². The van der Waals surface area contributed by atoms with Gasteiger partial charge >= 0.3 is 0 Å². The van der Waals surface area contributed by atoms with Crippen molar-refractivity contribution in [2.24, 2.45) is 0 Å². The Morgan fingerprint density at radius 2 is 1.82 bits per heavy atom. The van der Waals surface area contributed by atoms with Crippen LogP contribution in [0.25, 0.3) is 22.0 Å². The van der Waals surface area contributed by atoms with Crippen LogP contribution in [-0.2, 0) is 19.4 Å². The van der Waals surface area contributed by atoms with Gasteiger partial charge in [-0.1, -0.05) is 36.4 Å². The summed E-state index contributed by atoms with van der Waals surface area (Å²) in [5, 5.41) is 2.68. The van der Waals surface area contributed by atoms with E-state index in [0.717, 1.165) is 31.7 Å². The molecule has 0 N–H and O–H groups in total. The molecule has 0 fully saturated rings. The smallest absolute Gasteiger partial charge is 0.195 e. The summed E-state index contributed by atoms with van der Waals surface area (Å²) in [5.41, 5.74) is 5.63. The topological polar surface area (TPSA) is 3.88 Å². The van der Waals surface area contributed by atoms with Gasteiger partial charge in [0.05, 0.1) is 10.9 Å². The summed E-state index contributed by atoms with van der Waals surface area (Å²) in [4.78, 5) is 0. The van der Waals surface area contributed by atoms with Crippen LogP contribution in [0.5, 0.6) is 0 Å². The molecule has 3 aromatic rings. The van der Waals surface area contributed by atoms with Gasteiger partial charge in [0.25, 0.3) is 0 Å². The van der Waals surface area contributed by atoms with E-state index in [-0.39, 0.29) is 0 Å². The molecule has 4 rings (SSSR count). The molecule has 0 atom stereocenters. The summed E-state index contributed by atoms with van der Waals surface area (Å²) in [6, 6.07) is 19.9. The number of nitrogens with zero attached hydrogens (tertiary/aromatic N) is 1. The third-order valence-electron chi connectivity index (χ3n) is 4.60. The molecule has 0 aliphatic carbocycles. The molecule has 0 saturated carbocycles. The van der Waals surface area contributed by atoms with Crippen LogP contribution in [-0.4, -0.2) is 5.88 Å². The summed E-state index contributed by atoms with van der Waals surface area (Å²) in [7, 11) is 0. The molecule has 0 amide bonds. The Bertz CT molecular complexity index is 838. The number of aryl methyl sites for hydroxylation is 2. The van der Waals surface area contributed by atoms with Gasteiger partial charge in [0.1, 0.15) is 0 Å². The van der Waals surface area contributed by atoms with E-state index in [2.05, 4.69) is 59.2 Å². The average molecular weight is 309 g/mol. The number of fused-ring (bicyclic) bond motifs is 5. The monoisotopic (exact) mass is 308 g/mol. The number of hydrogen-bond donors (Lipinski definition) is 0. The second-order valence-electron chi connectivity index (χ2n) is 5.92. The third kappa shape index (κ3) is 2.21. The van der Waals surface area contributed by atoms with Crippen molar-refractivity contribution in [2.45, 2.75) is 25.8 Å². The minimum Gasteiger partial charge on any atom is -0.195 e. The first kappa shape index (κ1) is 13.8. The fourth-order valence-electron chi connectivity index (χ4n) is 3.59. The van der Waals surface area contributed by atoms with Crippen molar-refractivity contribution in [3.63, 3.8) is 0 Å². The third-order valence-corrected chi connectivity index (χ3v) is 4.87. The maximum atomic E-state index is 5.92. The molecule has 0 radical (unpaired) electrons. The van der Waals surface area contributed by atoms with Gasteiger partial charge < -0.3 is 0 Å². The Kier molecular flexibility index (Phi) is 3.59. The highest BCUT2D eigenvalue weighted by molar-refractivity contribution is 6.17. The summed E-state index contributed by atoms with van der Waals surface area (Å²) >= 11 is 5.92. The molecule has 2 heteroatoms. The van der Waals surface area contributed by atoms with E-state index in [9.17, 15) is 0 Å². The molecule has 110 valence electrons. The van der Waals surface area contributed by atoms with Crippen molar-refractivity contribution in [3.05, 3.63) is 65.9 Å². The van der Waals surface area contributed by atoms with Crippen molar-refractivity contribution in [2.75, 3.05) is 5.88 Å². The second kappa shape index (κ2) is 5.73. The number of hydrogen-bond acceptors (Lipinski definition) is 0. The van der Waals surface area contributed by atoms with Crippen molar-refractivity contribution in [1.82, 2.24) is 0 Å². The lowest BCUT2D eigenvalue weighted by molar-refractivity contribution is -0.693. The highest BCUT2D eigenvalue weighted by Crippen LogP contribution is 2.32. The van der Waals surface area contributed by atoms with E-state index in [1.54, 1.807) is 0 Å². The first-order chi connectivity index (χ1) is 10.9. The number of alkyl halides is 1. The van der Waals surface area contributed by atoms with Gasteiger partial charge in [-0.25, -0.2) is 0 Å². The lowest BCUT2D eigenvalue weighted by Crippen LogP contribution is -2.44. The predicted octanol–water partition coefficient (Wildman–Crippen LogP) is 4.52.